The molecule has 0 aromatic heterocycles. The maximum Gasteiger partial charge on any atom is 0.414 e. The highest BCUT2D eigenvalue weighted by Gasteiger charge is 2.50. The summed E-state index contributed by atoms with van der Waals surface area (Å²) in [5.41, 5.74) is 2.14. The van der Waals surface area contributed by atoms with Gasteiger partial charge >= 0.3 is 12.4 Å². The first kappa shape index (κ1) is 50.5. The van der Waals surface area contributed by atoms with Crippen molar-refractivity contribution in [2.24, 2.45) is 0 Å². The van der Waals surface area contributed by atoms with Gasteiger partial charge in [0.15, 0.2) is 27.5 Å². The standard InChI is InChI=1S/C22H18O3S.C18H15F3O2.C10H13F3OSi/c1-17(16-26(24,25)21-10-6-3-7-11-21)22(23)20-14-12-19(13-15-20)18-8-4-2-5-9-18;1-12(11-16(22)18(19,20)21)17(23)15-9-7-14(8-10-15)13-5-3-2-4-6-13;1-15(2,9(14)10(11,12)13)8-6-4-3-5-7-8/h2-15H,1,16H2;2-10,16,22H,1,11H2;3-7,9,14H,1-2H3. The van der Waals surface area contributed by atoms with E-state index < -0.39 is 60.1 Å². The van der Waals surface area contributed by atoms with E-state index in [2.05, 4.69) is 13.2 Å². The maximum atomic E-state index is 12.5. The molecule has 0 aliphatic carbocycles. The lowest BCUT2D eigenvalue weighted by atomic mass is 9.97. The molecule has 2 atom stereocenters. The Kier molecular flexibility index (Phi) is 17.3. The Morgan fingerprint density at radius 2 is 0.875 bits per heavy atom. The van der Waals surface area contributed by atoms with E-state index in [0.29, 0.717) is 10.8 Å². The summed E-state index contributed by atoms with van der Waals surface area (Å²) < 4.78 is 99.0. The number of carbonyl (C=O) groups excluding carboxylic acids is 2. The molecule has 334 valence electrons. The van der Waals surface area contributed by atoms with E-state index in [-0.39, 0.29) is 27.4 Å². The van der Waals surface area contributed by atoms with Crippen LogP contribution < -0.4 is 5.19 Å². The SMILES string of the molecule is C=C(CC(O)C(F)(F)F)C(=O)c1ccc(-c2ccccc2)cc1.C=C(CS(=O)(=O)c1ccccc1)C(=O)c1ccc(-c2ccccc2)cc1.C[Si](C)(c1ccccc1)C(O)C(F)(F)F. The van der Waals surface area contributed by atoms with Gasteiger partial charge in [-0.3, -0.25) is 9.59 Å². The molecule has 0 bridgehead atoms. The summed E-state index contributed by atoms with van der Waals surface area (Å²) in [6.45, 7) is 10.1. The second kappa shape index (κ2) is 21.9. The molecule has 6 aromatic carbocycles. The summed E-state index contributed by atoms with van der Waals surface area (Å²) in [4.78, 5) is 24.8. The molecule has 64 heavy (non-hydrogen) atoms. The summed E-state index contributed by atoms with van der Waals surface area (Å²) in [5.74, 6) is -1.35. The van der Waals surface area contributed by atoms with Crippen LogP contribution in [0.5, 0.6) is 0 Å². The molecule has 0 saturated carbocycles. The number of carbonyl (C=O) groups is 2. The second-order valence-corrected chi connectivity index (χ2v) is 21.7. The lowest BCUT2D eigenvalue weighted by Crippen LogP contribution is -2.58. The Bertz CT molecular complexity index is 2580. The number of aliphatic hydroxyl groups is 2. The van der Waals surface area contributed by atoms with Gasteiger partial charge in [0.2, 0.25) is 0 Å². The van der Waals surface area contributed by atoms with Crippen LogP contribution in [0.1, 0.15) is 27.1 Å². The minimum atomic E-state index is -4.76. The highest BCUT2D eigenvalue weighted by atomic mass is 32.2. The number of aliphatic hydroxyl groups excluding tert-OH is 2. The van der Waals surface area contributed by atoms with Gasteiger partial charge in [-0.1, -0.05) is 189 Å². The zero-order valence-electron chi connectivity index (χ0n) is 34.9. The fourth-order valence-electron chi connectivity index (χ4n) is 6.18. The van der Waals surface area contributed by atoms with Crippen molar-refractivity contribution >= 4 is 34.7 Å². The van der Waals surface area contributed by atoms with E-state index in [9.17, 15) is 49.5 Å². The molecule has 6 nitrogen and oxygen atoms in total. The van der Waals surface area contributed by atoms with Gasteiger partial charge in [-0.05, 0) is 40.0 Å². The van der Waals surface area contributed by atoms with Crippen LogP contribution in [0.15, 0.2) is 199 Å². The Balaban J connectivity index is 0.000000218. The number of rotatable bonds is 13. The molecule has 0 aliphatic heterocycles. The third-order valence-corrected chi connectivity index (χ3v) is 15.2. The zero-order valence-corrected chi connectivity index (χ0v) is 36.7. The molecule has 0 aliphatic rings. The van der Waals surface area contributed by atoms with Crippen molar-refractivity contribution < 1.29 is 54.6 Å². The predicted molar refractivity (Wildman–Crippen MR) is 241 cm³/mol. The van der Waals surface area contributed by atoms with Gasteiger partial charge < -0.3 is 10.2 Å². The molecule has 2 N–H and O–H groups in total. The summed E-state index contributed by atoms with van der Waals surface area (Å²) in [5, 5.41) is 18.9. The molecule has 2 unspecified atom stereocenters. The van der Waals surface area contributed by atoms with Gasteiger partial charge in [0.1, 0.15) is 13.8 Å². The van der Waals surface area contributed by atoms with Crippen LogP contribution in [0, 0.1) is 0 Å². The van der Waals surface area contributed by atoms with Gasteiger partial charge in [0.05, 0.1) is 10.6 Å². The van der Waals surface area contributed by atoms with Crippen LogP contribution in [0.4, 0.5) is 26.3 Å². The molecule has 6 rings (SSSR count). The third kappa shape index (κ3) is 14.2. The number of ketones is 2. The van der Waals surface area contributed by atoms with E-state index >= 15 is 0 Å². The summed E-state index contributed by atoms with van der Waals surface area (Å²) in [6.07, 6.45) is -12.7. The lowest BCUT2D eigenvalue weighted by Gasteiger charge is -2.30. The van der Waals surface area contributed by atoms with E-state index in [1.165, 1.54) is 37.4 Å². The Labute approximate surface area is 369 Å². The molecule has 0 fully saturated rings. The topological polar surface area (TPSA) is 109 Å². The van der Waals surface area contributed by atoms with Gasteiger partial charge in [-0.25, -0.2) is 8.42 Å². The molecule has 14 heteroatoms. The van der Waals surface area contributed by atoms with Crippen LogP contribution in [0.3, 0.4) is 0 Å². The average Bonchev–Trinajstić information content (AvgIpc) is 3.29. The molecule has 0 saturated heterocycles. The molecule has 0 heterocycles. The van der Waals surface area contributed by atoms with Gasteiger partial charge in [0.25, 0.3) is 0 Å². The third-order valence-electron chi connectivity index (χ3n) is 9.95. The van der Waals surface area contributed by atoms with Crippen LogP contribution in [0.2, 0.25) is 13.1 Å². The molecule has 0 amide bonds. The number of hydrogen-bond acceptors (Lipinski definition) is 6. The Morgan fingerprint density at radius 3 is 1.25 bits per heavy atom. The lowest BCUT2D eigenvalue weighted by molar-refractivity contribution is -0.202. The smallest absolute Gasteiger partial charge is 0.387 e. The Hall–Kier alpha value is -6.19. The zero-order chi connectivity index (χ0) is 47.3. The number of alkyl halides is 6. The van der Waals surface area contributed by atoms with E-state index in [4.69, 9.17) is 5.11 Å². The van der Waals surface area contributed by atoms with Crippen molar-refractivity contribution in [2.45, 2.75) is 48.6 Å². The molecule has 0 spiro atoms. The van der Waals surface area contributed by atoms with Gasteiger partial charge in [-0.15, -0.1) is 0 Å². The summed E-state index contributed by atoms with van der Waals surface area (Å²) >= 11 is 0. The normalized spacial score (nSPS) is 12.6. The Morgan fingerprint density at radius 1 is 0.531 bits per heavy atom. The number of hydrogen-bond donors (Lipinski definition) is 2. The minimum Gasteiger partial charge on any atom is -0.387 e. The van der Waals surface area contributed by atoms with Gasteiger partial charge in [-0.2, -0.15) is 26.3 Å². The quantitative estimate of drug-likeness (QED) is 0.0517. The minimum absolute atomic E-state index is 0.0568. The van der Waals surface area contributed by atoms with Crippen LogP contribution in [-0.4, -0.2) is 68.2 Å². The number of benzene rings is 6. The van der Waals surface area contributed by atoms with Crippen molar-refractivity contribution in [1.82, 2.24) is 0 Å². The average molecular weight is 917 g/mol. The van der Waals surface area contributed by atoms with E-state index in [1.807, 2.05) is 72.8 Å². The van der Waals surface area contributed by atoms with Gasteiger partial charge in [0, 0.05) is 23.1 Å². The largest absolute Gasteiger partial charge is 0.414 e. The fraction of sp³-hybridized carbons (Fsp3) is 0.160. The highest BCUT2D eigenvalue weighted by molar-refractivity contribution is 7.91. The van der Waals surface area contributed by atoms with Crippen molar-refractivity contribution in [3.63, 3.8) is 0 Å². The van der Waals surface area contributed by atoms with Crippen LogP contribution >= 0.6 is 0 Å². The van der Waals surface area contributed by atoms with Crippen molar-refractivity contribution in [3.05, 3.63) is 205 Å². The van der Waals surface area contributed by atoms with E-state index in [0.717, 1.165) is 22.3 Å². The van der Waals surface area contributed by atoms with Crippen LogP contribution in [0.25, 0.3) is 22.3 Å². The molecular formula is C50H46F6O6SSi. The number of sulfone groups is 1. The maximum absolute atomic E-state index is 12.5. The first-order chi connectivity index (χ1) is 30.0. The predicted octanol–water partition coefficient (Wildman–Crippen LogP) is 11.0. The fourth-order valence-corrected chi connectivity index (χ4v) is 9.69. The second-order valence-electron chi connectivity index (χ2n) is 15.1. The first-order valence-electron chi connectivity index (χ1n) is 19.6. The van der Waals surface area contributed by atoms with E-state index in [1.54, 1.807) is 72.8 Å². The van der Waals surface area contributed by atoms with Crippen molar-refractivity contribution in [2.75, 3.05) is 5.75 Å². The first-order valence-corrected chi connectivity index (χ1v) is 24.3. The molecule has 0 radical (unpaired) electrons. The van der Waals surface area contributed by atoms with Crippen molar-refractivity contribution in [3.8, 4) is 22.3 Å². The summed E-state index contributed by atoms with van der Waals surface area (Å²) in [7, 11) is -6.47. The monoisotopic (exact) mass is 916 g/mol. The molecule has 6 aromatic rings. The summed E-state index contributed by atoms with van der Waals surface area (Å²) in [6, 6.07) is 49.4. The molecular weight excluding hydrogens is 871 g/mol. The van der Waals surface area contributed by atoms with Crippen molar-refractivity contribution in [1.29, 1.82) is 0 Å². The number of Topliss-reactive ketones (excluding diaryl/α,β-unsaturated/α-hetero) is 2. The number of halogens is 6. The van der Waals surface area contributed by atoms with Crippen LogP contribution in [-0.2, 0) is 9.84 Å². The highest BCUT2D eigenvalue weighted by Crippen LogP contribution is 2.28.